The predicted molar refractivity (Wildman–Crippen MR) is 268 cm³/mol. The summed E-state index contributed by atoms with van der Waals surface area (Å²) in [5.41, 5.74) is 4.20. The Kier molecular flexibility index (Phi) is 16.0. The minimum absolute atomic E-state index is 0.0343. The summed E-state index contributed by atoms with van der Waals surface area (Å²) in [6.45, 7) is 6.13. The first-order valence-electron chi connectivity index (χ1n) is 23.9. The molecule has 0 aliphatic carbocycles. The van der Waals surface area contributed by atoms with Gasteiger partial charge >= 0.3 is 6.09 Å². The quantitative estimate of drug-likeness (QED) is 0.0520. The number of ether oxygens (including phenoxy) is 5. The highest BCUT2D eigenvalue weighted by atomic mass is 16.7. The zero-order valence-corrected chi connectivity index (χ0v) is 40.7. The van der Waals surface area contributed by atoms with Gasteiger partial charge in [0.15, 0.2) is 29.8 Å². The van der Waals surface area contributed by atoms with E-state index in [2.05, 4.69) is 32.8 Å². The Morgan fingerprint density at radius 2 is 1.53 bits per heavy atom. The number of carbonyl (C=O) groups excluding carboxylic acids is 6. The zero-order chi connectivity index (χ0) is 50.9. The van der Waals surface area contributed by atoms with Gasteiger partial charge in [0.2, 0.25) is 17.6 Å². The molecule has 20 nitrogen and oxygen atoms in total. The molecule has 6 amide bonds. The first kappa shape index (κ1) is 50.4. The number of anilines is 5. The first-order valence-corrected chi connectivity index (χ1v) is 23.9. The van der Waals surface area contributed by atoms with E-state index in [1.54, 1.807) is 78.2 Å². The summed E-state index contributed by atoms with van der Waals surface area (Å²) in [6, 6.07) is 18.4. The summed E-state index contributed by atoms with van der Waals surface area (Å²) in [6.07, 6.45) is 7.63. The number of hydrogen-bond acceptors (Lipinski definition) is 12. The second kappa shape index (κ2) is 22.8. The molecule has 20 heteroatoms. The molecule has 0 bridgehead atoms. The molecule has 5 heterocycles. The number of carbonyl (C=O) groups is 6. The van der Waals surface area contributed by atoms with Gasteiger partial charge < -0.3 is 59.0 Å². The van der Waals surface area contributed by atoms with E-state index in [1.807, 2.05) is 18.3 Å². The van der Waals surface area contributed by atoms with Crippen LogP contribution < -0.4 is 35.6 Å². The van der Waals surface area contributed by atoms with Crippen LogP contribution in [-0.4, -0.2) is 107 Å². The van der Waals surface area contributed by atoms with Crippen molar-refractivity contribution in [2.24, 2.45) is 14.1 Å². The van der Waals surface area contributed by atoms with Gasteiger partial charge in [-0.25, -0.2) is 14.7 Å². The van der Waals surface area contributed by atoms with Gasteiger partial charge in [0.1, 0.15) is 12.3 Å². The van der Waals surface area contributed by atoms with Crippen molar-refractivity contribution in [3.8, 4) is 22.6 Å². The number of piperidine rings is 1. The topological polar surface area (TPSA) is 226 Å². The molecule has 3 aromatic carbocycles. The Balaban J connectivity index is 0.870. The number of amides is 6. The van der Waals surface area contributed by atoms with Gasteiger partial charge in [-0.15, -0.1) is 0 Å². The van der Waals surface area contributed by atoms with E-state index >= 15 is 0 Å². The van der Waals surface area contributed by atoms with E-state index in [0.717, 1.165) is 36.8 Å². The standard InChI is InChI=1S/C52H59N9O11/c1-6-24-71-52(67)61-40-29-43(42(68-5)28-38(40)50(66)60-23-9-7-12-39(60)51(61)72-46-14-8-10-25-70-46)69-26-11-13-45(63)56-44-31-59(4)47(57-44)49(65)55-36-17-15-33(16-18-36)34-27-41(58(3)30-34)48(64)54-37-21-19-35(20-22-37)53-32(2)62/h6,15-22,27-31,39,46,51H,1,7-14,23-26H2,2-5H3,(H,53,62)(H,54,64)(H,55,65)(H,56,63)/t39-,46?,51?/m0/s1. The molecule has 0 saturated carbocycles. The smallest absolute Gasteiger partial charge is 0.416 e. The molecule has 3 aliphatic heterocycles. The van der Waals surface area contributed by atoms with Crippen LogP contribution in [0.4, 0.5) is 33.4 Å². The number of fused-ring (bicyclic) bond motifs is 2. The lowest BCUT2D eigenvalue weighted by Crippen LogP contribution is -2.57. The Morgan fingerprint density at radius 3 is 2.22 bits per heavy atom. The maximum absolute atomic E-state index is 14.3. The second-order valence-corrected chi connectivity index (χ2v) is 17.7. The third-order valence-electron chi connectivity index (χ3n) is 12.4. The van der Waals surface area contributed by atoms with Gasteiger partial charge in [-0.05, 0) is 99.0 Å². The van der Waals surface area contributed by atoms with Crippen LogP contribution in [-0.2, 0) is 37.9 Å². The maximum Gasteiger partial charge on any atom is 0.416 e. The fourth-order valence-electron chi connectivity index (χ4n) is 8.96. The average molecular weight is 986 g/mol. The number of benzene rings is 3. The Morgan fingerprint density at radius 1 is 0.819 bits per heavy atom. The molecule has 8 rings (SSSR count). The summed E-state index contributed by atoms with van der Waals surface area (Å²) < 4.78 is 33.2. The van der Waals surface area contributed by atoms with Crippen molar-refractivity contribution in [3.63, 3.8) is 0 Å². The Bertz CT molecular complexity index is 2820. The van der Waals surface area contributed by atoms with Gasteiger partial charge in [0, 0.05) is 81.7 Å². The maximum atomic E-state index is 14.3. The summed E-state index contributed by atoms with van der Waals surface area (Å²) in [4.78, 5) is 86.8. The molecule has 0 spiro atoms. The van der Waals surface area contributed by atoms with E-state index in [9.17, 15) is 28.8 Å². The van der Waals surface area contributed by atoms with Crippen LogP contribution in [0, 0.1) is 0 Å². The van der Waals surface area contributed by atoms with E-state index in [0.29, 0.717) is 48.7 Å². The van der Waals surface area contributed by atoms with Crippen molar-refractivity contribution in [2.45, 2.75) is 76.9 Å². The Hall–Kier alpha value is -7.97. The van der Waals surface area contributed by atoms with E-state index in [4.69, 9.17) is 23.7 Å². The third kappa shape index (κ3) is 11.8. The van der Waals surface area contributed by atoms with Crippen LogP contribution >= 0.6 is 0 Å². The highest BCUT2D eigenvalue weighted by Gasteiger charge is 2.47. The highest BCUT2D eigenvalue weighted by molar-refractivity contribution is 6.07. The molecule has 2 saturated heterocycles. The van der Waals surface area contributed by atoms with Gasteiger partial charge in [0.25, 0.3) is 17.7 Å². The predicted octanol–water partition coefficient (Wildman–Crippen LogP) is 7.70. The number of nitrogens with zero attached hydrogens (tertiary/aromatic N) is 5. The average Bonchev–Trinajstić information content (AvgIpc) is 3.93. The lowest BCUT2D eigenvalue weighted by Gasteiger charge is -2.42. The molecule has 72 heavy (non-hydrogen) atoms. The monoisotopic (exact) mass is 985 g/mol. The summed E-state index contributed by atoms with van der Waals surface area (Å²) in [5, 5.41) is 11.2. The molecular formula is C52H59N9O11. The molecule has 4 N–H and O–H groups in total. The normalized spacial score (nSPS) is 17.4. The summed E-state index contributed by atoms with van der Waals surface area (Å²) in [5.74, 6) is -0.875. The van der Waals surface area contributed by atoms with Crippen molar-refractivity contribution >= 4 is 64.2 Å². The fraction of sp³-hybridized carbons (Fsp3) is 0.365. The lowest BCUT2D eigenvalue weighted by atomic mass is 10.00. The Labute approximate surface area is 416 Å². The highest BCUT2D eigenvalue weighted by Crippen LogP contribution is 2.42. The minimum atomic E-state index is -0.916. The van der Waals surface area contributed by atoms with Crippen LogP contribution in [0.25, 0.3) is 11.1 Å². The fourth-order valence-corrected chi connectivity index (χ4v) is 8.96. The van der Waals surface area contributed by atoms with Crippen LogP contribution in [0.1, 0.15) is 89.8 Å². The van der Waals surface area contributed by atoms with Gasteiger partial charge in [-0.3, -0.25) is 24.0 Å². The molecule has 2 unspecified atom stereocenters. The molecule has 2 aromatic heterocycles. The van der Waals surface area contributed by atoms with Crippen LogP contribution in [0.15, 0.2) is 91.8 Å². The summed E-state index contributed by atoms with van der Waals surface area (Å²) >= 11 is 0. The van der Waals surface area contributed by atoms with Crippen molar-refractivity contribution in [1.29, 1.82) is 0 Å². The summed E-state index contributed by atoms with van der Waals surface area (Å²) in [7, 11) is 4.87. The van der Waals surface area contributed by atoms with Gasteiger partial charge in [-0.1, -0.05) is 24.8 Å². The molecule has 0 radical (unpaired) electrons. The van der Waals surface area contributed by atoms with Crippen LogP contribution in [0.2, 0.25) is 0 Å². The van der Waals surface area contributed by atoms with Crippen LogP contribution in [0.5, 0.6) is 11.5 Å². The van der Waals surface area contributed by atoms with Gasteiger partial charge in [0.05, 0.1) is 31.0 Å². The number of aromatic nitrogens is 3. The molecule has 3 atom stereocenters. The zero-order valence-electron chi connectivity index (χ0n) is 40.7. The number of rotatable bonds is 17. The number of nitrogens with one attached hydrogen (secondary N) is 4. The van der Waals surface area contributed by atoms with Crippen molar-refractivity contribution in [2.75, 3.05) is 59.6 Å². The second-order valence-electron chi connectivity index (χ2n) is 17.7. The van der Waals surface area contributed by atoms with Crippen molar-refractivity contribution < 1.29 is 52.5 Å². The van der Waals surface area contributed by atoms with E-state index in [-0.39, 0.29) is 84.1 Å². The molecular weight excluding hydrogens is 927 g/mol. The van der Waals surface area contributed by atoms with E-state index in [1.165, 1.54) is 35.8 Å². The number of hydrogen-bond donors (Lipinski definition) is 4. The molecule has 5 aromatic rings. The van der Waals surface area contributed by atoms with E-state index < -0.39 is 30.6 Å². The van der Waals surface area contributed by atoms with Crippen LogP contribution in [0.3, 0.4) is 0 Å². The number of methoxy groups -OCH3 is 1. The molecule has 2 fully saturated rings. The number of aryl methyl sites for hydroxylation is 2. The number of imidazole rings is 1. The first-order chi connectivity index (χ1) is 34.8. The SMILES string of the molecule is C=CCOC(=O)N1c2cc(OCCCC(=O)Nc3cn(C)c(C(=O)Nc4ccc(-c5cc(C(=O)Nc6ccc(NC(C)=O)cc6)n(C)c5)cc4)n3)c(OC)cc2C(=O)N2CCCC[C@H]2C1OC1CCCCO1. The van der Waals surface area contributed by atoms with Crippen molar-refractivity contribution in [3.05, 3.63) is 109 Å². The minimum Gasteiger partial charge on any atom is -0.493 e. The van der Waals surface area contributed by atoms with Crippen molar-refractivity contribution in [1.82, 2.24) is 19.0 Å². The van der Waals surface area contributed by atoms with Gasteiger partial charge in [-0.2, -0.15) is 0 Å². The molecule has 378 valence electrons. The third-order valence-corrected chi connectivity index (χ3v) is 12.4. The largest absolute Gasteiger partial charge is 0.493 e. The lowest BCUT2D eigenvalue weighted by molar-refractivity contribution is -0.198. The molecule has 3 aliphatic rings.